The lowest BCUT2D eigenvalue weighted by Crippen LogP contribution is -2.29. The summed E-state index contributed by atoms with van der Waals surface area (Å²) in [6.45, 7) is 6.39. The molecule has 0 saturated carbocycles. The summed E-state index contributed by atoms with van der Waals surface area (Å²) in [6.07, 6.45) is 2.99. The van der Waals surface area contributed by atoms with E-state index < -0.39 is 0 Å². The van der Waals surface area contributed by atoms with Crippen molar-refractivity contribution in [1.29, 1.82) is 0 Å². The highest BCUT2D eigenvalue weighted by Gasteiger charge is 2.18. The third-order valence-electron chi connectivity index (χ3n) is 2.75. The third kappa shape index (κ3) is 2.27. The second kappa shape index (κ2) is 5.03. The van der Waals surface area contributed by atoms with Crippen LogP contribution in [0.25, 0.3) is 0 Å². The number of hydrogen-bond donors (Lipinski definition) is 1. The lowest BCUT2D eigenvalue weighted by atomic mass is 10.2. The highest BCUT2D eigenvalue weighted by atomic mass is 16.3. The minimum atomic E-state index is -0.240. The Hall–Kier alpha value is -2.11. The molecule has 0 radical (unpaired) electrons. The van der Waals surface area contributed by atoms with Gasteiger partial charge in [-0.2, -0.15) is 5.10 Å². The first-order valence-electron chi connectivity index (χ1n) is 5.86. The van der Waals surface area contributed by atoms with Crippen LogP contribution >= 0.6 is 0 Å². The molecule has 18 heavy (non-hydrogen) atoms. The second-order valence-electron chi connectivity index (χ2n) is 4.06. The number of aryl methyl sites for hydroxylation is 2. The quantitative estimate of drug-likeness (QED) is 0.893. The van der Waals surface area contributed by atoms with E-state index in [0.717, 1.165) is 17.9 Å². The van der Waals surface area contributed by atoms with Gasteiger partial charge in [-0.3, -0.25) is 4.79 Å². The second-order valence-corrected chi connectivity index (χ2v) is 4.06. The molecule has 1 atom stereocenters. The van der Waals surface area contributed by atoms with Crippen LogP contribution in [0.3, 0.4) is 0 Å². The van der Waals surface area contributed by atoms with Gasteiger partial charge in [0.25, 0.3) is 5.91 Å². The van der Waals surface area contributed by atoms with Crippen LogP contribution in [0.4, 0.5) is 0 Å². The van der Waals surface area contributed by atoms with Crippen molar-refractivity contribution < 1.29 is 9.21 Å². The largest absolute Gasteiger partial charge is 0.459 e. The van der Waals surface area contributed by atoms with E-state index in [1.54, 1.807) is 10.7 Å². The first kappa shape index (κ1) is 12.3. The summed E-state index contributed by atoms with van der Waals surface area (Å²) < 4.78 is 6.90. The zero-order valence-electron chi connectivity index (χ0n) is 10.7. The van der Waals surface area contributed by atoms with Crippen LogP contribution in [-0.4, -0.2) is 20.7 Å². The van der Waals surface area contributed by atoms with Crippen LogP contribution < -0.4 is 5.32 Å². The van der Waals surface area contributed by atoms with Gasteiger partial charge in [0, 0.05) is 12.1 Å². The number of furan rings is 1. The van der Waals surface area contributed by atoms with Crippen molar-refractivity contribution in [2.75, 3.05) is 0 Å². The molecule has 1 N–H and O–H groups in total. The predicted molar refractivity (Wildman–Crippen MR) is 65.0 cm³/mol. The van der Waals surface area contributed by atoms with Gasteiger partial charge in [0.2, 0.25) is 0 Å². The van der Waals surface area contributed by atoms with Crippen LogP contribution in [0.1, 0.15) is 41.8 Å². The third-order valence-corrected chi connectivity index (χ3v) is 2.75. The van der Waals surface area contributed by atoms with E-state index in [1.165, 1.54) is 12.6 Å². The number of carbonyl (C=O) groups is 1. The zero-order chi connectivity index (χ0) is 13.1. The first-order valence-corrected chi connectivity index (χ1v) is 5.86. The molecule has 0 aliphatic rings. The summed E-state index contributed by atoms with van der Waals surface area (Å²) in [5, 5.41) is 6.92. The Bertz CT molecular complexity index is 544. The SMILES string of the molecule is CCn1ncnc1[C@H](C)NC(=O)c1occc1C. The molecule has 2 rings (SSSR count). The summed E-state index contributed by atoms with van der Waals surface area (Å²) in [6, 6.07) is 1.54. The van der Waals surface area contributed by atoms with Crippen molar-refractivity contribution in [3.8, 4) is 0 Å². The average Bonchev–Trinajstić information content (AvgIpc) is 2.96. The van der Waals surface area contributed by atoms with Gasteiger partial charge < -0.3 is 9.73 Å². The molecule has 2 aromatic rings. The van der Waals surface area contributed by atoms with Crippen molar-refractivity contribution in [2.45, 2.75) is 33.4 Å². The van der Waals surface area contributed by atoms with E-state index in [0.29, 0.717) is 5.76 Å². The Balaban J connectivity index is 2.10. The highest BCUT2D eigenvalue weighted by molar-refractivity contribution is 5.92. The lowest BCUT2D eigenvalue weighted by Gasteiger charge is -2.13. The molecule has 96 valence electrons. The van der Waals surface area contributed by atoms with Crippen LogP contribution in [0.5, 0.6) is 0 Å². The van der Waals surface area contributed by atoms with Crippen molar-refractivity contribution in [2.24, 2.45) is 0 Å². The van der Waals surface area contributed by atoms with Gasteiger partial charge in [0.1, 0.15) is 12.2 Å². The minimum Gasteiger partial charge on any atom is -0.459 e. The minimum absolute atomic E-state index is 0.218. The fraction of sp³-hybridized carbons (Fsp3) is 0.417. The fourth-order valence-electron chi connectivity index (χ4n) is 1.78. The molecule has 0 saturated heterocycles. The standard InChI is InChI=1S/C12H16N4O2/c1-4-16-11(13-7-14-16)9(3)15-12(17)10-8(2)5-6-18-10/h5-7,9H,4H2,1-3H3,(H,15,17)/t9-/m0/s1. The lowest BCUT2D eigenvalue weighted by molar-refractivity contribution is 0.0908. The molecule has 0 fully saturated rings. The van der Waals surface area contributed by atoms with Gasteiger partial charge in [0.15, 0.2) is 5.76 Å². The van der Waals surface area contributed by atoms with E-state index in [-0.39, 0.29) is 11.9 Å². The molecule has 1 amide bonds. The molecule has 6 nitrogen and oxygen atoms in total. The number of nitrogens with zero attached hydrogens (tertiary/aromatic N) is 3. The summed E-state index contributed by atoms with van der Waals surface area (Å²) >= 11 is 0. The molecule has 0 spiro atoms. The summed E-state index contributed by atoms with van der Waals surface area (Å²) in [4.78, 5) is 16.1. The Morgan fingerprint density at radius 3 is 3.00 bits per heavy atom. The number of carbonyl (C=O) groups excluding carboxylic acids is 1. The Morgan fingerprint density at radius 2 is 2.39 bits per heavy atom. The molecule has 0 aliphatic carbocycles. The maximum Gasteiger partial charge on any atom is 0.287 e. The first-order chi connectivity index (χ1) is 8.63. The zero-order valence-corrected chi connectivity index (χ0v) is 10.7. The molecular formula is C12H16N4O2. The number of aromatic nitrogens is 3. The smallest absolute Gasteiger partial charge is 0.287 e. The van der Waals surface area contributed by atoms with Crippen LogP contribution in [0.15, 0.2) is 23.1 Å². The van der Waals surface area contributed by atoms with Gasteiger partial charge in [-0.05, 0) is 26.8 Å². The maximum atomic E-state index is 12.0. The normalized spacial score (nSPS) is 12.4. The molecule has 0 aromatic carbocycles. The number of nitrogens with one attached hydrogen (secondary N) is 1. The van der Waals surface area contributed by atoms with Crippen LogP contribution in [-0.2, 0) is 6.54 Å². The topological polar surface area (TPSA) is 73.0 Å². The molecule has 0 bridgehead atoms. The highest BCUT2D eigenvalue weighted by Crippen LogP contribution is 2.13. The number of hydrogen-bond acceptors (Lipinski definition) is 4. The van der Waals surface area contributed by atoms with Gasteiger partial charge in [-0.1, -0.05) is 0 Å². The van der Waals surface area contributed by atoms with Gasteiger partial charge in [-0.25, -0.2) is 9.67 Å². The van der Waals surface area contributed by atoms with Gasteiger partial charge >= 0.3 is 0 Å². The Morgan fingerprint density at radius 1 is 1.61 bits per heavy atom. The van der Waals surface area contributed by atoms with E-state index in [9.17, 15) is 4.79 Å². The van der Waals surface area contributed by atoms with E-state index in [4.69, 9.17) is 4.42 Å². The molecule has 2 heterocycles. The maximum absolute atomic E-state index is 12.0. The molecular weight excluding hydrogens is 232 g/mol. The number of rotatable bonds is 4. The van der Waals surface area contributed by atoms with Crippen molar-refractivity contribution in [3.05, 3.63) is 35.8 Å². The molecule has 6 heteroatoms. The molecule has 2 aromatic heterocycles. The monoisotopic (exact) mass is 248 g/mol. The average molecular weight is 248 g/mol. The Kier molecular flexibility index (Phi) is 3.45. The predicted octanol–water partition coefficient (Wildman–Crippen LogP) is 1.69. The van der Waals surface area contributed by atoms with E-state index in [1.807, 2.05) is 20.8 Å². The fourth-order valence-corrected chi connectivity index (χ4v) is 1.78. The van der Waals surface area contributed by atoms with Gasteiger partial charge in [0.05, 0.1) is 12.3 Å². The Labute approximate surface area is 105 Å². The van der Waals surface area contributed by atoms with Gasteiger partial charge in [-0.15, -0.1) is 0 Å². The summed E-state index contributed by atoms with van der Waals surface area (Å²) in [5.74, 6) is 0.829. The molecule has 0 aliphatic heterocycles. The van der Waals surface area contributed by atoms with E-state index in [2.05, 4.69) is 15.4 Å². The van der Waals surface area contributed by atoms with Crippen LogP contribution in [0, 0.1) is 6.92 Å². The van der Waals surface area contributed by atoms with Crippen molar-refractivity contribution in [3.63, 3.8) is 0 Å². The summed E-state index contributed by atoms with van der Waals surface area (Å²) in [7, 11) is 0. The number of amides is 1. The van der Waals surface area contributed by atoms with Crippen molar-refractivity contribution >= 4 is 5.91 Å². The van der Waals surface area contributed by atoms with Crippen LogP contribution in [0.2, 0.25) is 0 Å². The van der Waals surface area contributed by atoms with E-state index >= 15 is 0 Å². The molecule has 0 unspecified atom stereocenters. The summed E-state index contributed by atoms with van der Waals surface area (Å²) in [5.41, 5.74) is 0.816. The van der Waals surface area contributed by atoms with Crippen molar-refractivity contribution in [1.82, 2.24) is 20.1 Å².